The number of benzene rings is 1. The van der Waals surface area contributed by atoms with E-state index in [4.69, 9.17) is 5.11 Å². The third-order valence-electron chi connectivity index (χ3n) is 2.80. The van der Waals surface area contributed by atoms with Crippen LogP contribution in [0.1, 0.15) is 36.2 Å². The van der Waals surface area contributed by atoms with Crippen molar-refractivity contribution in [1.82, 2.24) is 4.90 Å². The Hall–Kier alpha value is -0.870. The van der Waals surface area contributed by atoms with Crippen LogP contribution in [0.15, 0.2) is 22.7 Å². The molecule has 0 saturated heterocycles. The number of nitrogens with zero attached hydrogens (tertiary/aromatic N) is 1. The molecule has 0 aliphatic heterocycles. The SMILES string of the molecule is Cc1ccc(C(=O)N(CCCO)C(C)C)c(Br)c1. The fraction of sp³-hybridized carbons (Fsp3) is 0.500. The Balaban J connectivity index is 2.94. The molecular formula is C14H20BrNO2. The van der Waals surface area contributed by atoms with Gasteiger partial charge in [0.25, 0.3) is 5.91 Å². The minimum absolute atomic E-state index is 0.00493. The molecule has 0 unspecified atom stereocenters. The van der Waals surface area contributed by atoms with Crippen molar-refractivity contribution in [3.63, 3.8) is 0 Å². The van der Waals surface area contributed by atoms with Crippen molar-refractivity contribution in [2.75, 3.05) is 13.2 Å². The molecular weight excluding hydrogens is 294 g/mol. The summed E-state index contributed by atoms with van der Waals surface area (Å²) in [6, 6.07) is 5.84. The van der Waals surface area contributed by atoms with E-state index >= 15 is 0 Å². The maximum atomic E-state index is 12.4. The van der Waals surface area contributed by atoms with Gasteiger partial charge in [-0.3, -0.25) is 4.79 Å². The van der Waals surface area contributed by atoms with E-state index in [0.717, 1.165) is 10.0 Å². The molecule has 0 heterocycles. The molecule has 1 amide bonds. The van der Waals surface area contributed by atoms with Crippen LogP contribution in [-0.2, 0) is 0 Å². The Morgan fingerprint density at radius 3 is 2.61 bits per heavy atom. The van der Waals surface area contributed by atoms with E-state index in [0.29, 0.717) is 18.5 Å². The van der Waals surface area contributed by atoms with Gasteiger partial charge in [-0.1, -0.05) is 6.07 Å². The topological polar surface area (TPSA) is 40.5 Å². The summed E-state index contributed by atoms with van der Waals surface area (Å²) in [4.78, 5) is 14.2. The Morgan fingerprint density at radius 1 is 1.44 bits per heavy atom. The fourth-order valence-corrected chi connectivity index (χ4v) is 2.45. The summed E-state index contributed by atoms with van der Waals surface area (Å²) in [7, 11) is 0. The van der Waals surface area contributed by atoms with Crippen LogP contribution in [0, 0.1) is 6.92 Å². The van der Waals surface area contributed by atoms with Gasteiger partial charge in [-0.15, -0.1) is 0 Å². The number of aliphatic hydroxyl groups is 1. The van der Waals surface area contributed by atoms with Gasteiger partial charge in [-0.2, -0.15) is 0 Å². The highest BCUT2D eigenvalue weighted by atomic mass is 79.9. The quantitative estimate of drug-likeness (QED) is 0.908. The van der Waals surface area contributed by atoms with Gasteiger partial charge in [-0.25, -0.2) is 0 Å². The van der Waals surface area contributed by atoms with Gasteiger partial charge >= 0.3 is 0 Å². The number of aryl methyl sites for hydroxylation is 1. The Kier molecular flexibility index (Phi) is 5.82. The molecule has 0 spiro atoms. The third kappa shape index (κ3) is 3.82. The molecule has 1 aromatic rings. The van der Waals surface area contributed by atoms with Crippen LogP contribution in [0.5, 0.6) is 0 Å². The second-order valence-electron chi connectivity index (χ2n) is 4.65. The molecule has 0 atom stereocenters. The third-order valence-corrected chi connectivity index (χ3v) is 3.45. The van der Waals surface area contributed by atoms with Crippen LogP contribution < -0.4 is 0 Å². The van der Waals surface area contributed by atoms with Crippen LogP contribution in [0.4, 0.5) is 0 Å². The highest BCUT2D eigenvalue weighted by molar-refractivity contribution is 9.10. The second kappa shape index (κ2) is 6.90. The minimum Gasteiger partial charge on any atom is -0.396 e. The van der Waals surface area contributed by atoms with Gasteiger partial charge in [-0.05, 0) is 60.8 Å². The summed E-state index contributed by atoms with van der Waals surface area (Å²) in [5, 5.41) is 8.89. The molecule has 0 radical (unpaired) electrons. The molecule has 100 valence electrons. The first-order valence-electron chi connectivity index (χ1n) is 6.15. The molecule has 3 nitrogen and oxygen atoms in total. The lowest BCUT2D eigenvalue weighted by molar-refractivity contribution is 0.0692. The zero-order valence-corrected chi connectivity index (χ0v) is 12.7. The largest absolute Gasteiger partial charge is 0.396 e. The van der Waals surface area contributed by atoms with Gasteiger partial charge in [0, 0.05) is 23.7 Å². The highest BCUT2D eigenvalue weighted by Crippen LogP contribution is 2.21. The van der Waals surface area contributed by atoms with E-state index in [-0.39, 0.29) is 18.6 Å². The number of carbonyl (C=O) groups excluding carboxylic acids is 1. The van der Waals surface area contributed by atoms with Crippen LogP contribution in [0.2, 0.25) is 0 Å². The number of amides is 1. The lowest BCUT2D eigenvalue weighted by Gasteiger charge is -2.27. The molecule has 0 saturated carbocycles. The van der Waals surface area contributed by atoms with Gasteiger partial charge in [0.1, 0.15) is 0 Å². The van der Waals surface area contributed by atoms with Crippen molar-refractivity contribution in [3.05, 3.63) is 33.8 Å². The van der Waals surface area contributed by atoms with Crippen molar-refractivity contribution < 1.29 is 9.90 Å². The van der Waals surface area contributed by atoms with E-state index in [2.05, 4.69) is 15.9 Å². The smallest absolute Gasteiger partial charge is 0.255 e. The van der Waals surface area contributed by atoms with Crippen LogP contribution >= 0.6 is 15.9 Å². The average molecular weight is 314 g/mol. The molecule has 0 fully saturated rings. The zero-order chi connectivity index (χ0) is 13.7. The average Bonchev–Trinajstić information content (AvgIpc) is 2.28. The van der Waals surface area contributed by atoms with Crippen LogP contribution in [0.25, 0.3) is 0 Å². The lowest BCUT2D eigenvalue weighted by atomic mass is 10.1. The molecule has 0 aliphatic carbocycles. The summed E-state index contributed by atoms with van der Waals surface area (Å²) < 4.78 is 0.821. The van der Waals surface area contributed by atoms with E-state index in [9.17, 15) is 4.79 Å². The van der Waals surface area contributed by atoms with Gasteiger partial charge in [0.2, 0.25) is 0 Å². The van der Waals surface area contributed by atoms with Crippen LogP contribution in [0.3, 0.4) is 0 Å². The highest BCUT2D eigenvalue weighted by Gasteiger charge is 2.20. The first-order chi connectivity index (χ1) is 8.47. The van der Waals surface area contributed by atoms with Crippen molar-refractivity contribution in [2.45, 2.75) is 33.2 Å². The Labute approximate surface area is 117 Å². The van der Waals surface area contributed by atoms with E-state index in [1.165, 1.54) is 0 Å². The predicted molar refractivity (Wildman–Crippen MR) is 76.8 cm³/mol. The number of hydrogen-bond donors (Lipinski definition) is 1. The summed E-state index contributed by atoms with van der Waals surface area (Å²) in [5.41, 5.74) is 1.79. The molecule has 0 bridgehead atoms. The Bertz CT molecular complexity index is 418. The van der Waals surface area contributed by atoms with Crippen molar-refractivity contribution in [3.8, 4) is 0 Å². The van der Waals surface area contributed by atoms with Crippen LogP contribution in [-0.4, -0.2) is 35.1 Å². The predicted octanol–water partition coefficient (Wildman–Crippen LogP) is 2.99. The van der Waals surface area contributed by atoms with E-state index in [1.807, 2.05) is 39.0 Å². The standard InChI is InChI=1S/C14H20BrNO2/c1-10(2)16(7-4-8-17)14(18)12-6-5-11(3)9-13(12)15/h5-6,9-10,17H,4,7-8H2,1-3H3. The summed E-state index contributed by atoms with van der Waals surface area (Å²) in [5.74, 6) is 0.00493. The fourth-order valence-electron chi connectivity index (χ4n) is 1.78. The summed E-state index contributed by atoms with van der Waals surface area (Å²) in [6.07, 6.45) is 0.605. The van der Waals surface area contributed by atoms with Crippen molar-refractivity contribution in [1.29, 1.82) is 0 Å². The maximum Gasteiger partial charge on any atom is 0.255 e. The van der Waals surface area contributed by atoms with Crippen molar-refractivity contribution >= 4 is 21.8 Å². The first kappa shape index (κ1) is 15.2. The number of halogens is 1. The number of rotatable bonds is 5. The number of aliphatic hydroxyl groups excluding tert-OH is 1. The lowest BCUT2D eigenvalue weighted by Crippen LogP contribution is -2.38. The first-order valence-corrected chi connectivity index (χ1v) is 6.94. The van der Waals surface area contributed by atoms with Gasteiger partial charge in [0.05, 0.1) is 5.56 Å². The van der Waals surface area contributed by atoms with E-state index < -0.39 is 0 Å². The second-order valence-corrected chi connectivity index (χ2v) is 5.51. The molecule has 0 aromatic heterocycles. The maximum absolute atomic E-state index is 12.4. The summed E-state index contributed by atoms with van der Waals surface area (Å²) in [6.45, 7) is 6.64. The van der Waals surface area contributed by atoms with Gasteiger partial charge in [0.15, 0.2) is 0 Å². The summed E-state index contributed by atoms with van der Waals surface area (Å²) >= 11 is 3.44. The minimum atomic E-state index is 0.00493. The molecule has 1 rings (SSSR count). The number of hydrogen-bond acceptors (Lipinski definition) is 2. The molecule has 1 N–H and O–H groups in total. The van der Waals surface area contributed by atoms with E-state index in [1.54, 1.807) is 4.90 Å². The molecule has 0 aliphatic rings. The normalized spacial score (nSPS) is 10.8. The molecule has 18 heavy (non-hydrogen) atoms. The van der Waals surface area contributed by atoms with Gasteiger partial charge < -0.3 is 10.0 Å². The Morgan fingerprint density at radius 2 is 2.11 bits per heavy atom. The monoisotopic (exact) mass is 313 g/mol. The zero-order valence-electron chi connectivity index (χ0n) is 11.1. The van der Waals surface area contributed by atoms with Crippen molar-refractivity contribution in [2.24, 2.45) is 0 Å². The molecule has 1 aromatic carbocycles. The molecule has 4 heteroatoms. The number of carbonyl (C=O) groups is 1.